The fourth-order valence-electron chi connectivity index (χ4n) is 2.34. The normalized spacial score (nSPS) is 10.9. The molecule has 126 valence electrons. The van der Waals surface area contributed by atoms with Crippen LogP contribution in [0.2, 0.25) is 0 Å². The lowest BCUT2D eigenvalue weighted by molar-refractivity contribution is 0.0946. The summed E-state index contributed by atoms with van der Waals surface area (Å²) in [5.74, 6) is 0.407. The van der Waals surface area contributed by atoms with Crippen molar-refractivity contribution in [2.75, 3.05) is 0 Å². The minimum absolute atomic E-state index is 0.237. The van der Waals surface area contributed by atoms with E-state index in [1.807, 2.05) is 30.5 Å². The Labute approximate surface area is 151 Å². The monoisotopic (exact) mass is 370 g/mol. The average Bonchev–Trinajstić information content (AvgIpc) is 3.39. The molecule has 0 atom stereocenters. The first-order valence-corrected chi connectivity index (χ1v) is 9.28. The smallest absolute Gasteiger partial charge is 0.272 e. The summed E-state index contributed by atoms with van der Waals surface area (Å²) >= 11 is 3.26. The molecule has 0 spiro atoms. The van der Waals surface area contributed by atoms with Gasteiger partial charge in [0.1, 0.15) is 10.7 Å². The molecule has 4 aromatic heterocycles. The van der Waals surface area contributed by atoms with Crippen LogP contribution in [0.3, 0.4) is 0 Å². The zero-order valence-corrected chi connectivity index (χ0v) is 14.9. The van der Waals surface area contributed by atoms with E-state index < -0.39 is 0 Å². The van der Waals surface area contributed by atoms with Gasteiger partial charge in [-0.15, -0.1) is 22.7 Å². The van der Waals surface area contributed by atoms with E-state index in [2.05, 4.69) is 20.5 Å². The van der Waals surface area contributed by atoms with Crippen LogP contribution >= 0.6 is 22.7 Å². The topological polar surface area (TPSA) is 83.8 Å². The van der Waals surface area contributed by atoms with Gasteiger partial charge in [0.05, 0.1) is 23.4 Å². The summed E-state index contributed by atoms with van der Waals surface area (Å²) in [6, 6.07) is 9.32. The van der Waals surface area contributed by atoms with Gasteiger partial charge in [0, 0.05) is 10.9 Å². The second-order valence-electron chi connectivity index (χ2n) is 5.33. The van der Waals surface area contributed by atoms with Crippen LogP contribution in [0.5, 0.6) is 0 Å². The van der Waals surface area contributed by atoms with Crippen molar-refractivity contribution >= 4 is 28.6 Å². The first-order chi connectivity index (χ1) is 12.2. The summed E-state index contributed by atoms with van der Waals surface area (Å²) in [5, 5.41) is 12.8. The molecule has 0 fully saturated rings. The van der Waals surface area contributed by atoms with Crippen molar-refractivity contribution in [2.45, 2.75) is 13.5 Å². The van der Waals surface area contributed by atoms with E-state index in [0.717, 1.165) is 20.5 Å². The molecule has 6 nitrogen and oxygen atoms in total. The number of thiazole rings is 1. The van der Waals surface area contributed by atoms with Crippen LogP contribution in [0.1, 0.15) is 21.1 Å². The second-order valence-corrected chi connectivity index (χ2v) is 7.36. The summed E-state index contributed by atoms with van der Waals surface area (Å²) in [6.07, 6.45) is 1.58. The van der Waals surface area contributed by atoms with Crippen molar-refractivity contribution in [3.8, 4) is 21.3 Å². The molecular weight excluding hydrogens is 356 g/mol. The molecule has 0 saturated carbocycles. The van der Waals surface area contributed by atoms with Crippen molar-refractivity contribution in [3.05, 3.63) is 58.2 Å². The van der Waals surface area contributed by atoms with E-state index in [-0.39, 0.29) is 5.91 Å². The Kier molecular flexibility index (Phi) is 4.21. The lowest BCUT2D eigenvalue weighted by Gasteiger charge is -2.01. The van der Waals surface area contributed by atoms with Crippen molar-refractivity contribution in [1.82, 2.24) is 20.5 Å². The standard InChI is InChI=1S/C17H14N4O2S2/c1-10-15(25-17(19-10)14-5-3-7-24-14)9-18-16(22)12-8-11(20-21-12)13-4-2-6-23-13/h2-8H,9H2,1H3,(H,18,22)(H,20,21). The minimum Gasteiger partial charge on any atom is -0.463 e. The number of H-pyrrole nitrogens is 1. The third kappa shape index (κ3) is 3.26. The molecule has 0 aliphatic heterocycles. The summed E-state index contributed by atoms with van der Waals surface area (Å²) in [5.41, 5.74) is 1.93. The van der Waals surface area contributed by atoms with Crippen LogP contribution in [-0.4, -0.2) is 21.1 Å². The van der Waals surface area contributed by atoms with Gasteiger partial charge in [-0.1, -0.05) is 6.07 Å². The molecule has 4 rings (SSSR count). The number of aromatic amines is 1. The van der Waals surface area contributed by atoms with Gasteiger partial charge in [0.25, 0.3) is 5.91 Å². The molecule has 0 aliphatic carbocycles. The highest BCUT2D eigenvalue weighted by molar-refractivity contribution is 7.21. The van der Waals surface area contributed by atoms with E-state index in [4.69, 9.17) is 4.42 Å². The third-order valence-corrected chi connectivity index (χ3v) is 5.83. The molecule has 0 bridgehead atoms. The van der Waals surface area contributed by atoms with Gasteiger partial charge in [-0.3, -0.25) is 9.89 Å². The minimum atomic E-state index is -0.237. The number of aryl methyl sites for hydroxylation is 1. The molecule has 0 radical (unpaired) electrons. The summed E-state index contributed by atoms with van der Waals surface area (Å²) in [4.78, 5) is 19.1. The van der Waals surface area contributed by atoms with Gasteiger partial charge >= 0.3 is 0 Å². The van der Waals surface area contributed by atoms with Crippen LogP contribution in [-0.2, 0) is 6.54 Å². The van der Waals surface area contributed by atoms with Gasteiger partial charge in [0.2, 0.25) is 0 Å². The van der Waals surface area contributed by atoms with Crippen LogP contribution in [0.15, 0.2) is 46.4 Å². The van der Waals surface area contributed by atoms with Crippen molar-refractivity contribution in [2.24, 2.45) is 0 Å². The maximum absolute atomic E-state index is 12.3. The van der Waals surface area contributed by atoms with Crippen LogP contribution in [0.25, 0.3) is 21.3 Å². The number of aromatic nitrogens is 3. The fourth-order valence-corrected chi connectivity index (χ4v) is 4.14. The lowest BCUT2D eigenvalue weighted by atomic mass is 10.3. The highest BCUT2D eigenvalue weighted by Crippen LogP contribution is 2.31. The number of hydrogen-bond acceptors (Lipinski definition) is 6. The van der Waals surface area contributed by atoms with E-state index in [1.165, 1.54) is 0 Å². The number of amides is 1. The number of hydrogen-bond donors (Lipinski definition) is 2. The molecule has 8 heteroatoms. The molecule has 0 aromatic carbocycles. The van der Waals surface area contributed by atoms with E-state index in [1.54, 1.807) is 41.1 Å². The quantitative estimate of drug-likeness (QED) is 0.554. The number of thiophene rings is 1. The average molecular weight is 370 g/mol. The molecule has 25 heavy (non-hydrogen) atoms. The maximum atomic E-state index is 12.3. The molecule has 2 N–H and O–H groups in total. The van der Waals surface area contributed by atoms with E-state index >= 15 is 0 Å². The molecular formula is C17H14N4O2S2. The lowest BCUT2D eigenvalue weighted by Crippen LogP contribution is -2.23. The number of carbonyl (C=O) groups excluding carboxylic acids is 1. The molecule has 1 amide bonds. The van der Waals surface area contributed by atoms with Crippen LogP contribution < -0.4 is 5.32 Å². The largest absolute Gasteiger partial charge is 0.463 e. The van der Waals surface area contributed by atoms with Gasteiger partial charge in [-0.2, -0.15) is 5.10 Å². The number of furan rings is 1. The Morgan fingerprint density at radius 2 is 2.28 bits per heavy atom. The Balaban J connectivity index is 1.44. The third-order valence-electron chi connectivity index (χ3n) is 3.63. The van der Waals surface area contributed by atoms with Gasteiger partial charge in [-0.25, -0.2) is 4.98 Å². The van der Waals surface area contributed by atoms with Crippen molar-refractivity contribution in [1.29, 1.82) is 0 Å². The number of nitrogens with zero attached hydrogens (tertiary/aromatic N) is 2. The number of carbonyl (C=O) groups is 1. The van der Waals surface area contributed by atoms with Gasteiger partial charge in [0.15, 0.2) is 11.5 Å². The highest BCUT2D eigenvalue weighted by atomic mass is 32.1. The van der Waals surface area contributed by atoms with E-state index in [0.29, 0.717) is 23.7 Å². The molecule has 0 saturated heterocycles. The Bertz CT molecular complexity index is 984. The number of nitrogens with one attached hydrogen (secondary N) is 2. The SMILES string of the molecule is Cc1nc(-c2cccs2)sc1CNC(=O)c1cc(-c2ccco2)[nH]n1. The first kappa shape index (κ1) is 15.8. The van der Waals surface area contributed by atoms with Crippen LogP contribution in [0.4, 0.5) is 0 Å². The number of rotatable bonds is 5. The van der Waals surface area contributed by atoms with Crippen molar-refractivity contribution < 1.29 is 9.21 Å². The Hall–Kier alpha value is -2.71. The van der Waals surface area contributed by atoms with Gasteiger partial charge in [-0.05, 0) is 30.5 Å². The zero-order chi connectivity index (χ0) is 17.2. The molecule has 0 unspecified atom stereocenters. The van der Waals surface area contributed by atoms with Gasteiger partial charge < -0.3 is 9.73 Å². The molecule has 4 heterocycles. The zero-order valence-electron chi connectivity index (χ0n) is 13.3. The Morgan fingerprint density at radius 3 is 3.04 bits per heavy atom. The summed E-state index contributed by atoms with van der Waals surface area (Å²) in [7, 11) is 0. The second kappa shape index (κ2) is 6.66. The summed E-state index contributed by atoms with van der Waals surface area (Å²) in [6.45, 7) is 2.38. The predicted molar refractivity (Wildman–Crippen MR) is 97.6 cm³/mol. The summed E-state index contributed by atoms with van der Waals surface area (Å²) < 4.78 is 5.29. The highest BCUT2D eigenvalue weighted by Gasteiger charge is 2.15. The van der Waals surface area contributed by atoms with Crippen LogP contribution in [0, 0.1) is 6.92 Å². The molecule has 4 aromatic rings. The first-order valence-electron chi connectivity index (χ1n) is 7.58. The predicted octanol–water partition coefficient (Wildman–Crippen LogP) is 4.09. The van der Waals surface area contributed by atoms with Crippen molar-refractivity contribution in [3.63, 3.8) is 0 Å². The molecule has 0 aliphatic rings. The Morgan fingerprint density at radius 1 is 1.36 bits per heavy atom. The maximum Gasteiger partial charge on any atom is 0.272 e. The fraction of sp³-hybridized carbons (Fsp3) is 0.118. The van der Waals surface area contributed by atoms with E-state index in [9.17, 15) is 4.79 Å².